The van der Waals surface area contributed by atoms with Gasteiger partial charge in [0.15, 0.2) is 0 Å². The van der Waals surface area contributed by atoms with Gasteiger partial charge in [0.2, 0.25) is 6.10 Å². The molecule has 1 unspecified atom stereocenters. The lowest BCUT2D eigenvalue weighted by molar-refractivity contribution is -0.129. The van der Waals surface area contributed by atoms with E-state index in [2.05, 4.69) is 16.7 Å². The molecule has 1 atom stereocenters. The van der Waals surface area contributed by atoms with Crippen molar-refractivity contribution >= 4 is 28.7 Å². The maximum atomic E-state index is 13.0. The maximum absolute atomic E-state index is 13.0. The molecule has 0 fully saturated rings. The largest absolute Gasteiger partial charge is 0.444 e. The number of urea groups is 1. The number of hydrogen-bond donors (Lipinski definition) is 2. The topological polar surface area (TPSA) is 84.5 Å². The van der Waals surface area contributed by atoms with Crippen molar-refractivity contribution in [2.75, 3.05) is 7.05 Å². The second kappa shape index (κ2) is 7.75. The Kier molecular flexibility index (Phi) is 4.99. The number of carbonyl (C=O) groups is 3. The highest BCUT2D eigenvalue weighted by molar-refractivity contribution is 6.08. The van der Waals surface area contributed by atoms with Gasteiger partial charge in [-0.3, -0.25) is 10.1 Å². The first-order chi connectivity index (χ1) is 14.1. The van der Waals surface area contributed by atoms with Crippen LogP contribution in [0.25, 0.3) is 10.8 Å². The summed E-state index contributed by atoms with van der Waals surface area (Å²) < 4.78 is 5.61. The molecule has 0 heterocycles. The Morgan fingerprint density at radius 2 is 1.62 bits per heavy atom. The highest BCUT2D eigenvalue weighted by Gasteiger charge is 2.28. The third-order valence-corrected chi connectivity index (χ3v) is 5.13. The average molecular weight is 388 g/mol. The quantitative estimate of drug-likeness (QED) is 0.672. The maximum Gasteiger partial charge on any atom is 0.339 e. The molecular weight excluding hydrogens is 368 g/mol. The van der Waals surface area contributed by atoms with Gasteiger partial charge in [0.1, 0.15) is 0 Å². The zero-order valence-electron chi connectivity index (χ0n) is 15.9. The van der Waals surface area contributed by atoms with Crippen molar-refractivity contribution in [1.29, 1.82) is 0 Å². The van der Waals surface area contributed by atoms with Crippen molar-refractivity contribution < 1.29 is 19.1 Å². The van der Waals surface area contributed by atoms with E-state index in [1.807, 2.05) is 18.2 Å². The number of carbonyl (C=O) groups excluding carboxylic acids is 3. The van der Waals surface area contributed by atoms with Gasteiger partial charge in [-0.1, -0.05) is 54.6 Å². The van der Waals surface area contributed by atoms with Crippen molar-refractivity contribution in [2.24, 2.45) is 0 Å². The fourth-order valence-electron chi connectivity index (χ4n) is 3.74. The average Bonchev–Trinajstić information content (AvgIpc) is 3.17. The second-order valence-electron chi connectivity index (χ2n) is 6.88. The van der Waals surface area contributed by atoms with Crippen LogP contribution in [0, 0.1) is 0 Å². The van der Waals surface area contributed by atoms with Crippen LogP contribution >= 0.6 is 0 Å². The summed E-state index contributed by atoms with van der Waals surface area (Å²) in [5.41, 5.74) is 3.31. The molecule has 0 bridgehead atoms. The smallest absolute Gasteiger partial charge is 0.339 e. The molecule has 29 heavy (non-hydrogen) atoms. The van der Waals surface area contributed by atoms with Gasteiger partial charge in [-0.15, -0.1) is 0 Å². The number of imide groups is 1. The molecule has 0 saturated heterocycles. The highest BCUT2D eigenvalue weighted by atomic mass is 16.5. The Labute approximate surface area is 167 Å². The number of amides is 3. The van der Waals surface area contributed by atoms with Crippen molar-refractivity contribution in [3.63, 3.8) is 0 Å². The van der Waals surface area contributed by atoms with Crippen molar-refractivity contribution in [2.45, 2.75) is 18.9 Å². The first-order valence-electron chi connectivity index (χ1n) is 9.40. The summed E-state index contributed by atoms with van der Waals surface area (Å²) in [4.78, 5) is 37.2. The van der Waals surface area contributed by atoms with Crippen molar-refractivity contribution in [1.82, 2.24) is 10.6 Å². The molecule has 0 aliphatic heterocycles. The Hall–Kier alpha value is -3.67. The third kappa shape index (κ3) is 3.57. The molecule has 1 aliphatic carbocycles. The molecule has 4 rings (SSSR count). The van der Waals surface area contributed by atoms with E-state index < -0.39 is 24.0 Å². The molecule has 3 amide bonds. The van der Waals surface area contributed by atoms with Crippen LogP contribution < -0.4 is 10.6 Å². The molecule has 1 aliphatic rings. The molecule has 2 N–H and O–H groups in total. The molecule has 0 aromatic heterocycles. The van der Waals surface area contributed by atoms with Gasteiger partial charge in [-0.25, -0.2) is 9.59 Å². The molecule has 146 valence electrons. The zero-order chi connectivity index (χ0) is 20.4. The standard InChI is InChI=1S/C23H20N2O4/c1-24-23(28)25-21(26)20(16-6-3-2-4-7-16)29-22(27)18-13-12-15-11-10-14-8-5-9-17(18)19(14)15/h2-9,12-13,20H,10-11H2,1H3,(H2,24,25,26,28). The molecule has 3 aromatic rings. The van der Waals surface area contributed by atoms with Crippen molar-refractivity contribution in [3.8, 4) is 0 Å². The number of ether oxygens (including phenoxy) is 1. The van der Waals surface area contributed by atoms with Crippen LogP contribution in [0.4, 0.5) is 4.79 Å². The van der Waals surface area contributed by atoms with Gasteiger partial charge in [0.05, 0.1) is 5.56 Å². The van der Waals surface area contributed by atoms with Gasteiger partial charge in [0, 0.05) is 12.6 Å². The summed E-state index contributed by atoms with van der Waals surface area (Å²) in [7, 11) is 1.40. The van der Waals surface area contributed by atoms with Crippen LogP contribution in [-0.2, 0) is 22.4 Å². The van der Waals surface area contributed by atoms with Crippen LogP contribution in [-0.4, -0.2) is 25.0 Å². The van der Waals surface area contributed by atoms with E-state index in [-0.39, 0.29) is 0 Å². The van der Waals surface area contributed by atoms with E-state index in [1.54, 1.807) is 36.4 Å². The van der Waals surface area contributed by atoms with E-state index in [1.165, 1.54) is 18.2 Å². The number of hydrogen-bond acceptors (Lipinski definition) is 4. The van der Waals surface area contributed by atoms with E-state index in [0.717, 1.165) is 23.6 Å². The molecule has 0 radical (unpaired) electrons. The fraction of sp³-hybridized carbons (Fsp3) is 0.174. The lowest BCUT2D eigenvalue weighted by Crippen LogP contribution is -2.41. The molecule has 0 spiro atoms. The summed E-state index contributed by atoms with van der Waals surface area (Å²) in [5.74, 6) is -1.32. The lowest BCUT2D eigenvalue weighted by atomic mass is 10.00. The number of benzene rings is 3. The SMILES string of the molecule is CNC(=O)NC(=O)C(OC(=O)c1ccc2c3c(cccc13)CC2)c1ccccc1. The monoisotopic (exact) mass is 388 g/mol. The van der Waals surface area contributed by atoms with Gasteiger partial charge in [-0.05, 0) is 40.8 Å². The van der Waals surface area contributed by atoms with Gasteiger partial charge < -0.3 is 10.1 Å². The molecule has 3 aromatic carbocycles. The van der Waals surface area contributed by atoms with Gasteiger partial charge in [0.25, 0.3) is 5.91 Å². The Balaban J connectivity index is 1.68. The number of esters is 1. The van der Waals surface area contributed by atoms with Crippen LogP contribution in [0.15, 0.2) is 60.7 Å². The van der Waals surface area contributed by atoms with Gasteiger partial charge >= 0.3 is 12.0 Å². The summed E-state index contributed by atoms with van der Waals surface area (Å²) in [6.45, 7) is 0. The predicted octanol–water partition coefficient (Wildman–Crippen LogP) is 3.29. The zero-order valence-corrected chi connectivity index (χ0v) is 15.9. The number of aryl methyl sites for hydroxylation is 2. The van der Waals surface area contributed by atoms with Crippen LogP contribution in [0.2, 0.25) is 0 Å². The molecule has 6 heteroatoms. The molecule has 0 saturated carbocycles. The van der Waals surface area contributed by atoms with E-state index in [9.17, 15) is 14.4 Å². The molecule has 6 nitrogen and oxygen atoms in total. The normalized spacial score (nSPS) is 13.0. The predicted molar refractivity (Wildman–Crippen MR) is 109 cm³/mol. The van der Waals surface area contributed by atoms with Crippen LogP contribution in [0.1, 0.15) is 33.2 Å². The Morgan fingerprint density at radius 1 is 0.897 bits per heavy atom. The molecular formula is C23H20N2O4. The first kappa shape index (κ1) is 18.7. The summed E-state index contributed by atoms with van der Waals surface area (Å²) in [6.07, 6.45) is 0.655. The van der Waals surface area contributed by atoms with E-state index >= 15 is 0 Å². The Bertz CT molecular complexity index is 1100. The number of rotatable bonds is 4. The Morgan fingerprint density at radius 3 is 2.34 bits per heavy atom. The van der Waals surface area contributed by atoms with Gasteiger partial charge in [-0.2, -0.15) is 0 Å². The summed E-state index contributed by atoms with van der Waals surface area (Å²) in [5, 5.41) is 6.41. The minimum atomic E-state index is -1.25. The van der Waals surface area contributed by atoms with Crippen LogP contribution in [0.3, 0.4) is 0 Å². The highest BCUT2D eigenvalue weighted by Crippen LogP contribution is 2.33. The second-order valence-corrected chi connectivity index (χ2v) is 6.88. The first-order valence-corrected chi connectivity index (χ1v) is 9.40. The van der Waals surface area contributed by atoms with Crippen LogP contribution in [0.5, 0.6) is 0 Å². The van der Waals surface area contributed by atoms with E-state index in [4.69, 9.17) is 4.74 Å². The summed E-state index contributed by atoms with van der Waals surface area (Å²) >= 11 is 0. The summed E-state index contributed by atoms with van der Waals surface area (Å²) in [6, 6.07) is 17.5. The fourth-order valence-corrected chi connectivity index (χ4v) is 3.74. The van der Waals surface area contributed by atoms with Crippen molar-refractivity contribution in [3.05, 3.63) is 82.9 Å². The van der Waals surface area contributed by atoms with E-state index in [0.29, 0.717) is 11.1 Å². The third-order valence-electron chi connectivity index (χ3n) is 5.13. The lowest BCUT2D eigenvalue weighted by Gasteiger charge is -2.18. The minimum absolute atomic E-state index is 0.404. The number of nitrogens with one attached hydrogen (secondary N) is 2. The minimum Gasteiger partial charge on any atom is -0.444 e.